The average Bonchev–Trinajstić information content (AvgIpc) is 2.14. The first kappa shape index (κ1) is 10.4. The number of amides is 2. The lowest BCUT2D eigenvalue weighted by Gasteiger charge is -2.21. The molecule has 4 nitrogen and oxygen atoms in total. The molecule has 1 aliphatic rings. The molecule has 0 radical (unpaired) electrons. The van der Waals surface area contributed by atoms with Gasteiger partial charge in [0, 0.05) is 12.3 Å². The van der Waals surface area contributed by atoms with E-state index in [9.17, 15) is 9.59 Å². The van der Waals surface area contributed by atoms with Crippen molar-refractivity contribution in [2.75, 3.05) is 18.1 Å². The molecular weight excluding hydrogens is 188 g/mol. The van der Waals surface area contributed by atoms with Crippen molar-refractivity contribution in [3.05, 3.63) is 0 Å². The van der Waals surface area contributed by atoms with Crippen LogP contribution in [0.5, 0.6) is 0 Å². The molecule has 2 amide bonds. The summed E-state index contributed by atoms with van der Waals surface area (Å²) in [5, 5.41) is 5.41. The highest BCUT2D eigenvalue weighted by Crippen LogP contribution is 2.08. The van der Waals surface area contributed by atoms with Crippen molar-refractivity contribution in [2.24, 2.45) is 0 Å². The number of hydrogen-bond acceptors (Lipinski definition) is 3. The predicted octanol–water partition coefficient (Wildman–Crippen LogP) is -0.256. The minimum Gasteiger partial charge on any atom is -0.354 e. The van der Waals surface area contributed by atoms with Gasteiger partial charge in [-0.2, -0.15) is 0 Å². The first-order chi connectivity index (χ1) is 6.24. The van der Waals surface area contributed by atoms with Crippen molar-refractivity contribution < 1.29 is 9.59 Å². The monoisotopic (exact) mass is 202 g/mol. The van der Waals surface area contributed by atoms with Gasteiger partial charge in [0.05, 0.1) is 5.75 Å². The SMILES string of the molecule is CCCNC(=O)C1CSCC(=O)N1. The molecule has 1 atom stereocenters. The lowest BCUT2D eigenvalue weighted by Crippen LogP contribution is -2.51. The van der Waals surface area contributed by atoms with E-state index in [0.717, 1.165) is 6.42 Å². The Hall–Kier alpha value is -0.710. The zero-order valence-corrected chi connectivity index (χ0v) is 8.45. The van der Waals surface area contributed by atoms with E-state index in [1.165, 1.54) is 11.8 Å². The summed E-state index contributed by atoms with van der Waals surface area (Å²) in [6.07, 6.45) is 0.916. The molecular formula is C8H14N2O2S. The van der Waals surface area contributed by atoms with Crippen molar-refractivity contribution in [2.45, 2.75) is 19.4 Å². The van der Waals surface area contributed by atoms with Gasteiger partial charge in [-0.1, -0.05) is 6.92 Å². The fourth-order valence-electron chi connectivity index (χ4n) is 1.06. The van der Waals surface area contributed by atoms with E-state index in [2.05, 4.69) is 10.6 Å². The molecule has 0 bridgehead atoms. The second-order valence-corrected chi connectivity index (χ2v) is 3.96. The van der Waals surface area contributed by atoms with E-state index in [0.29, 0.717) is 18.1 Å². The van der Waals surface area contributed by atoms with Gasteiger partial charge in [0.15, 0.2) is 0 Å². The smallest absolute Gasteiger partial charge is 0.243 e. The van der Waals surface area contributed by atoms with Gasteiger partial charge in [0.1, 0.15) is 6.04 Å². The minimum absolute atomic E-state index is 0.0482. The van der Waals surface area contributed by atoms with Gasteiger partial charge >= 0.3 is 0 Å². The third-order valence-electron chi connectivity index (χ3n) is 1.72. The van der Waals surface area contributed by atoms with Crippen LogP contribution in [-0.2, 0) is 9.59 Å². The minimum atomic E-state index is -0.335. The number of rotatable bonds is 3. The Morgan fingerprint density at radius 2 is 2.54 bits per heavy atom. The average molecular weight is 202 g/mol. The second-order valence-electron chi connectivity index (χ2n) is 2.93. The molecule has 0 aliphatic carbocycles. The summed E-state index contributed by atoms with van der Waals surface area (Å²) < 4.78 is 0. The Balaban J connectivity index is 2.32. The van der Waals surface area contributed by atoms with Crippen LogP contribution in [0.25, 0.3) is 0 Å². The Kier molecular flexibility index (Phi) is 4.08. The van der Waals surface area contributed by atoms with Crippen LogP contribution in [-0.4, -0.2) is 35.9 Å². The third kappa shape index (κ3) is 3.26. The van der Waals surface area contributed by atoms with E-state index in [1.54, 1.807) is 0 Å². The van der Waals surface area contributed by atoms with E-state index in [-0.39, 0.29) is 17.9 Å². The topological polar surface area (TPSA) is 58.2 Å². The highest BCUT2D eigenvalue weighted by molar-refractivity contribution is 8.00. The fraction of sp³-hybridized carbons (Fsp3) is 0.750. The second kappa shape index (κ2) is 5.11. The number of nitrogens with one attached hydrogen (secondary N) is 2. The summed E-state index contributed by atoms with van der Waals surface area (Å²) in [5.41, 5.74) is 0. The number of hydrogen-bond donors (Lipinski definition) is 2. The van der Waals surface area contributed by atoms with Gasteiger partial charge in [-0.25, -0.2) is 0 Å². The molecule has 2 N–H and O–H groups in total. The van der Waals surface area contributed by atoms with Gasteiger partial charge < -0.3 is 10.6 Å². The van der Waals surface area contributed by atoms with Gasteiger partial charge in [0.25, 0.3) is 0 Å². The molecule has 1 heterocycles. The molecule has 13 heavy (non-hydrogen) atoms. The van der Waals surface area contributed by atoms with Crippen LogP contribution in [0.15, 0.2) is 0 Å². The van der Waals surface area contributed by atoms with Crippen LogP contribution in [0, 0.1) is 0 Å². The summed E-state index contributed by atoms with van der Waals surface area (Å²) in [6, 6.07) is -0.335. The Labute approximate surface area is 81.8 Å². The summed E-state index contributed by atoms with van der Waals surface area (Å²) in [5.74, 6) is 1.04. The molecule has 5 heteroatoms. The Bertz CT molecular complexity index is 208. The maximum atomic E-state index is 11.4. The largest absolute Gasteiger partial charge is 0.354 e. The molecule has 0 spiro atoms. The molecule has 0 aromatic rings. The van der Waals surface area contributed by atoms with Crippen molar-refractivity contribution in [1.82, 2.24) is 10.6 Å². The van der Waals surface area contributed by atoms with Crippen LogP contribution < -0.4 is 10.6 Å². The lowest BCUT2D eigenvalue weighted by molar-refractivity contribution is -0.127. The quantitative estimate of drug-likeness (QED) is 0.663. The van der Waals surface area contributed by atoms with Crippen LogP contribution in [0.3, 0.4) is 0 Å². The van der Waals surface area contributed by atoms with Gasteiger partial charge in [-0.15, -0.1) is 11.8 Å². The van der Waals surface area contributed by atoms with Gasteiger partial charge in [-0.05, 0) is 6.42 Å². The zero-order valence-electron chi connectivity index (χ0n) is 7.63. The van der Waals surface area contributed by atoms with Crippen LogP contribution in [0.1, 0.15) is 13.3 Å². The van der Waals surface area contributed by atoms with E-state index in [4.69, 9.17) is 0 Å². The van der Waals surface area contributed by atoms with Crippen molar-refractivity contribution >= 4 is 23.6 Å². The maximum Gasteiger partial charge on any atom is 0.243 e. The summed E-state index contributed by atoms with van der Waals surface area (Å²) in [7, 11) is 0. The number of thioether (sulfide) groups is 1. The predicted molar refractivity (Wildman–Crippen MR) is 52.6 cm³/mol. The van der Waals surface area contributed by atoms with Gasteiger partial charge in [-0.3, -0.25) is 9.59 Å². The number of carbonyl (C=O) groups is 2. The Morgan fingerprint density at radius 3 is 3.15 bits per heavy atom. The van der Waals surface area contributed by atoms with Crippen LogP contribution in [0.2, 0.25) is 0 Å². The first-order valence-corrected chi connectivity index (χ1v) is 5.54. The lowest BCUT2D eigenvalue weighted by atomic mass is 10.3. The van der Waals surface area contributed by atoms with Crippen molar-refractivity contribution in [3.8, 4) is 0 Å². The zero-order chi connectivity index (χ0) is 9.68. The summed E-state index contributed by atoms with van der Waals surface area (Å²) in [6.45, 7) is 2.67. The third-order valence-corrected chi connectivity index (χ3v) is 2.75. The maximum absolute atomic E-state index is 11.4. The van der Waals surface area contributed by atoms with Gasteiger partial charge in [0.2, 0.25) is 11.8 Å². The molecule has 1 fully saturated rings. The molecule has 1 rings (SSSR count). The van der Waals surface area contributed by atoms with Crippen molar-refractivity contribution in [3.63, 3.8) is 0 Å². The molecule has 1 aliphatic heterocycles. The fourth-order valence-corrected chi connectivity index (χ4v) is 1.92. The van der Waals surface area contributed by atoms with E-state index >= 15 is 0 Å². The molecule has 74 valence electrons. The first-order valence-electron chi connectivity index (χ1n) is 4.39. The standard InChI is InChI=1S/C8H14N2O2S/c1-2-3-9-8(12)6-4-13-5-7(11)10-6/h6H,2-5H2,1H3,(H,9,12)(H,10,11). The molecule has 0 aromatic carbocycles. The highest BCUT2D eigenvalue weighted by atomic mass is 32.2. The summed E-state index contributed by atoms with van der Waals surface area (Å²) in [4.78, 5) is 22.3. The highest BCUT2D eigenvalue weighted by Gasteiger charge is 2.24. The van der Waals surface area contributed by atoms with E-state index in [1.807, 2.05) is 6.92 Å². The molecule has 1 unspecified atom stereocenters. The Morgan fingerprint density at radius 1 is 1.77 bits per heavy atom. The van der Waals surface area contributed by atoms with E-state index < -0.39 is 0 Å². The normalized spacial score (nSPS) is 22.2. The summed E-state index contributed by atoms with van der Waals surface area (Å²) >= 11 is 1.50. The molecule has 0 saturated carbocycles. The van der Waals surface area contributed by atoms with Crippen LogP contribution in [0.4, 0.5) is 0 Å². The molecule has 1 saturated heterocycles. The van der Waals surface area contributed by atoms with Crippen LogP contribution >= 0.6 is 11.8 Å². The number of carbonyl (C=O) groups excluding carboxylic acids is 2. The van der Waals surface area contributed by atoms with Crippen molar-refractivity contribution in [1.29, 1.82) is 0 Å². The molecule has 0 aromatic heterocycles.